The average molecular weight is 254 g/mol. The number of aryl methyl sites for hydroxylation is 1. The van der Waals surface area contributed by atoms with Crippen LogP contribution in [0.3, 0.4) is 0 Å². The maximum Gasteiger partial charge on any atom is 0.0824 e. The van der Waals surface area contributed by atoms with E-state index in [1.165, 1.54) is 0 Å². The van der Waals surface area contributed by atoms with Gasteiger partial charge in [-0.2, -0.15) is 5.10 Å². The van der Waals surface area contributed by atoms with Crippen LogP contribution in [-0.2, 0) is 17.3 Å². The predicted octanol–water partition coefficient (Wildman–Crippen LogP) is 1.23. The molecule has 0 amide bonds. The van der Waals surface area contributed by atoms with Crippen molar-refractivity contribution in [3.63, 3.8) is 0 Å². The summed E-state index contributed by atoms with van der Waals surface area (Å²) in [6, 6.07) is 1.99. The van der Waals surface area contributed by atoms with Gasteiger partial charge in [0.25, 0.3) is 0 Å². The summed E-state index contributed by atoms with van der Waals surface area (Å²) in [7, 11) is 1.91. The number of ether oxygens (including phenoxy) is 1. The number of aromatic nitrogens is 2. The van der Waals surface area contributed by atoms with E-state index < -0.39 is 0 Å². The number of nitrogens with zero attached hydrogens (tertiary/aromatic N) is 2. The highest BCUT2D eigenvalue weighted by molar-refractivity contribution is 5.85. The van der Waals surface area contributed by atoms with Crippen LogP contribution in [0.25, 0.3) is 0 Å². The monoisotopic (exact) mass is 253 g/mol. The van der Waals surface area contributed by atoms with E-state index in [0.29, 0.717) is 0 Å². The van der Waals surface area contributed by atoms with Gasteiger partial charge in [-0.15, -0.1) is 24.8 Å². The minimum absolute atomic E-state index is 0. The summed E-state index contributed by atoms with van der Waals surface area (Å²) in [5.41, 5.74) is 6.96. The lowest BCUT2D eigenvalue weighted by Crippen LogP contribution is -2.42. The first kappa shape index (κ1) is 14.7. The van der Waals surface area contributed by atoms with Crippen molar-refractivity contribution < 1.29 is 4.74 Å². The molecule has 0 bridgehead atoms. The van der Waals surface area contributed by atoms with Gasteiger partial charge in [-0.3, -0.25) is 4.68 Å². The Hall–Kier alpha value is -0.290. The third-order valence-corrected chi connectivity index (χ3v) is 2.61. The zero-order valence-electron chi connectivity index (χ0n) is 8.68. The largest absolute Gasteiger partial charge is 0.381 e. The van der Waals surface area contributed by atoms with Crippen LogP contribution in [0.15, 0.2) is 12.3 Å². The zero-order chi connectivity index (χ0) is 9.31. The Morgan fingerprint density at radius 2 is 2.00 bits per heavy atom. The molecule has 2 rings (SSSR count). The minimum atomic E-state index is -0.264. The van der Waals surface area contributed by atoms with Crippen LogP contribution >= 0.6 is 24.8 Å². The molecule has 0 radical (unpaired) electrons. The summed E-state index contributed by atoms with van der Waals surface area (Å²) in [4.78, 5) is 0. The smallest absolute Gasteiger partial charge is 0.0824 e. The number of halogens is 2. The Balaban J connectivity index is 0.000000980. The van der Waals surface area contributed by atoms with Crippen LogP contribution < -0.4 is 5.73 Å². The summed E-state index contributed by atoms with van der Waals surface area (Å²) < 4.78 is 7.07. The van der Waals surface area contributed by atoms with Gasteiger partial charge in [0, 0.05) is 26.5 Å². The molecule has 0 spiro atoms. The molecular formula is C9H17Cl2N3O. The second-order valence-corrected chi connectivity index (χ2v) is 3.64. The molecule has 15 heavy (non-hydrogen) atoms. The molecule has 1 saturated heterocycles. The van der Waals surface area contributed by atoms with Crippen LogP contribution in [0.1, 0.15) is 18.5 Å². The Bertz CT molecular complexity index is 297. The maximum atomic E-state index is 6.24. The second-order valence-electron chi connectivity index (χ2n) is 3.64. The normalized spacial score (nSPS) is 18.8. The van der Waals surface area contributed by atoms with E-state index in [2.05, 4.69) is 5.10 Å². The van der Waals surface area contributed by atoms with Gasteiger partial charge in [-0.05, 0) is 18.9 Å². The Labute approximate surface area is 102 Å². The fourth-order valence-corrected chi connectivity index (χ4v) is 1.67. The molecule has 0 atom stereocenters. The number of hydrogen-bond donors (Lipinski definition) is 1. The molecule has 0 aromatic carbocycles. The number of hydrogen-bond acceptors (Lipinski definition) is 3. The fourth-order valence-electron chi connectivity index (χ4n) is 1.67. The van der Waals surface area contributed by atoms with Crippen molar-refractivity contribution in [2.45, 2.75) is 18.4 Å². The SMILES string of the molecule is Cl.Cl.Cn1ccc(C2(N)CCOCC2)n1. The highest BCUT2D eigenvalue weighted by Crippen LogP contribution is 2.27. The van der Waals surface area contributed by atoms with Crippen LogP contribution in [0, 0.1) is 0 Å². The Kier molecular flexibility index (Phi) is 5.59. The van der Waals surface area contributed by atoms with Gasteiger partial charge in [0.05, 0.1) is 11.2 Å². The molecule has 88 valence electrons. The molecule has 1 aromatic heterocycles. The fraction of sp³-hybridized carbons (Fsp3) is 0.667. The summed E-state index contributed by atoms with van der Waals surface area (Å²) in [6.07, 6.45) is 3.66. The molecule has 1 fully saturated rings. The standard InChI is InChI=1S/C9H15N3O.2ClH/c1-12-5-2-8(11-12)9(10)3-6-13-7-4-9;;/h2,5H,3-4,6-7,10H2,1H3;2*1H. The highest BCUT2D eigenvalue weighted by Gasteiger charge is 2.31. The summed E-state index contributed by atoms with van der Waals surface area (Å²) >= 11 is 0. The van der Waals surface area contributed by atoms with Gasteiger partial charge in [0.2, 0.25) is 0 Å². The third-order valence-electron chi connectivity index (χ3n) is 2.61. The average Bonchev–Trinajstić information content (AvgIpc) is 2.54. The molecule has 4 nitrogen and oxygen atoms in total. The lowest BCUT2D eigenvalue weighted by atomic mass is 9.88. The highest BCUT2D eigenvalue weighted by atomic mass is 35.5. The van der Waals surface area contributed by atoms with Crippen molar-refractivity contribution >= 4 is 24.8 Å². The molecule has 0 unspecified atom stereocenters. The molecule has 1 aromatic rings. The van der Waals surface area contributed by atoms with Crippen molar-refractivity contribution in [1.29, 1.82) is 0 Å². The molecular weight excluding hydrogens is 237 g/mol. The minimum Gasteiger partial charge on any atom is -0.381 e. The van der Waals surface area contributed by atoms with Crippen molar-refractivity contribution in [2.75, 3.05) is 13.2 Å². The van der Waals surface area contributed by atoms with E-state index >= 15 is 0 Å². The molecule has 6 heteroatoms. The van der Waals surface area contributed by atoms with Gasteiger partial charge < -0.3 is 10.5 Å². The van der Waals surface area contributed by atoms with E-state index in [1.54, 1.807) is 4.68 Å². The topological polar surface area (TPSA) is 53.1 Å². The van der Waals surface area contributed by atoms with Gasteiger partial charge >= 0.3 is 0 Å². The van der Waals surface area contributed by atoms with Crippen LogP contribution in [-0.4, -0.2) is 23.0 Å². The molecule has 1 aliphatic rings. The lowest BCUT2D eigenvalue weighted by molar-refractivity contribution is 0.0506. The predicted molar refractivity (Wildman–Crippen MR) is 63.6 cm³/mol. The number of rotatable bonds is 1. The molecule has 1 aliphatic heterocycles. The van der Waals surface area contributed by atoms with Crippen molar-refractivity contribution in [1.82, 2.24) is 9.78 Å². The van der Waals surface area contributed by atoms with Crippen LogP contribution in [0.4, 0.5) is 0 Å². The summed E-state index contributed by atoms with van der Waals surface area (Å²) in [6.45, 7) is 1.49. The van der Waals surface area contributed by atoms with Gasteiger partial charge in [0.1, 0.15) is 0 Å². The molecule has 0 saturated carbocycles. The molecule has 2 N–H and O–H groups in total. The maximum absolute atomic E-state index is 6.24. The van der Waals surface area contributed by atoms with E-state index in [0.717, 1.165) is 31.7 Å². The van der Waals surface area contributed by atoms with E-state index in [1.807, 2.05) is 19.3 Å². The number of nitrogens with two attached hydrogens (primary N) is 1. The first-order chi connectivity index (χ1) is 6.21. The lowest BCUT2D eigenvalue weighted by Gasteiger charge is -2.31. The second kappa shape index (κ2) is 5.70. The van der Waals surface area contributed by atoms with Gasteiger partial charge in [0.15, 0.2) is 0 Å². The first-order valence-electron chi connectivity index (χ1n) is 4.57. The quantitative estimate of drug-likeness (QED) is 0.820. The van der Waals surface area contributed by atoms with Crippen LogP contribution in [0.5, 0.6) is 0 Å². The summed E-state index contributed by atoms with van der Waals surface area (Å²) in [5, 5.41) is 4.34. The zero-order valence-corrected chi connectivity index (χ0v) is 10.3. The molecule has 0 aliphatic carbocycles. The first-order valence-corrected chi connectivity index (χ1v) is 4.57. The van der Waals surface area contributed by atoms with Crippen molar-refractivity contribution in [3.05, 3.63) is 18.0 Å². The van der Waals surface area contributed by atoms with Gasteiger partial charge in [-0.1, -0.05) is 0 Å². The van der Waals surface area contributed by atoms with Gasteiger partial charge in [-0.25, -0.2) is 0 Å². The Morgan fingerprint density at radius 1 is 1.40 bits per heavy atom. The Morgan fingerprint density at radius 3 is 2.47 bits per heavy atom. The molecule has 2 heterocycles. The van der Waals surface area contributed by atoms with E-state index in [9.17, 15) is 0 Å². The van der Waals surface area contributed by atoms with Crippen molar-refractivity contribution in [3.8, 4) is 0 Å². The van der Waals surface area contributed by atoms with Crippen molar-refractivity contribution in [2.24, 2.45) is 12.8 Å². The summed E-state index contributed by atoms with van der Waals surface area (Å²) in [5.74, 6) is 0. The van der Waals surface area contributed by atoms with Crippen LogP contribution in [0.2, 0.25) is 0 Å². The third kappa shape index (κ3) is 3.08. The van der Waals surface area contributed by atoms with E-state index in [-0.39, 0.29) is 30.4 Å². The van der Waals surface area contributed by atoms with E-state index in [4.69, 9.17) is 10.5 Å².